The molecule has 8 heteroatoms. The highest BCUT2D eigenvalue weighted by atomic mass is 127. The Labute approximate surface area is 199 Å². The average molecular weight is 537 g/mol. The van der Waals surface area contributed by atoms with Crippen molar-refractivity contribution < 1.29 is 9.13 Å². The highest BCUT2D eigenvalue weighted by molar-refractivity contribution is 14.0. The Morgan fingerprint density at radius 2 is 2.00 bits per heavy atom. The van der Waals surface area contributed by atoms with Crippen LogP contribution in [0.5, 0.6) is 0 Å². The number of guanidine groups is 1. The van der Waals surface area contributed by atoms with Gasteiger partial charge in [-0.05, 0) is 43.2 Å². The average Bonchev–Trinajstić information content (AvgIpc) is 3.17. The number of H-pyrrole nitrogens is 1. The summed E-state index contributed by atoms with van der Waals surface area (Å²) in [5.41, 5.74) is 3.06. The minimum absolute atomic E-state index is 0. The lowest BCUT2D eigenvalue weighted by molar-refractivity contribution is -0.0605. The van der Waals surface area contributed by atoms with Gasteiger partial charge in [0.1, 0.15) is 17.7 Å². The number of rotatable bonds is 5. The molecule has 166 valence electrons. The fraction of sp³-hybridized carbons (Fsp3) is 0.391. The van der Waals surface area contributed by atoms with E-state index in [2.05, 4.69) is 32.1 Å². The van der Waals surface area contributed by atoms with Crippen molar-refractivity contribution in [2.75, 3.05) is 26.7 Å². The van der Waals surface area contributed by atoms with Crippen molar-refractivity contribution in [1.82, 2.24) is 20.2 Å². The first-order valence-electron chi connectivity index (χ1n) is 10.4. The number of imidazole rings is 1. The van der Waals surface area contributed by atoms with Gasteiger partial charge in [-0.3, -0.25) is 4.99 Å². The highest BCUT2D eigenvalue weighted by Crippen LogP contribution is 2.25. The van der Waals surface area contributed by atoms with Crippen molar-refractivity contribution in [2.45, 2.75) is 32.0 Å². The molecule has 0 spiro atoms. The number of aliphatic imine (C=N–C) groups is 1. The van der Waals surface area contributed by atoms with Crippen molar-refractivity contribution >= 4 is 41.0 Å². The van der Waals surface area contributed by atoms with E-state index in [1.165, 1.54) is 12.1 Å². The number of aromatic nitrogens is 2. The summed E-state index contributed by atoms with van der Waals surface area (Å²) in [6, 6.07) is 14.6. The summed E-state index contributed by atoms with van der Waals surface area (Å²) in [6.45, 7) is 4.30. The van der Waals surface area contributed by atoms with Crippen molar-refractivity contribution in [1.29, 1.82) is 0 Å². The molecule has 4 rings (SSSR count). The van der Waals surface area contributed by atoms with Gasteiger partial charge < -0.3 is 19.9 Å². The molecule has 31 heavy (non-hydrogen) atoms. The minimum atomic E-state index is -0.235. The van der Waals surface area contributed by atoms with Crippen molar-refractivity contribution in [3.8, 4) is 0 Å². The molecule has 1 aliphatic heterocycles. The second kappa shape index (κ2) is 10.9. The number of nitrogens with zero attached hydrogens (tertiary/aromatic N) is 3. The molecular weight excluding hydrogens is 508 g/mol. The topological polar surface area (TPSA) is 65.5 Å². The number of fused-ring (bicyclic) bond motifs is 1. The van der Waals surface area contributed by atoms with Gasteiger partial charge in [0.05, 0.1) is 23.7 Å². The number of para-hydroxylation sites is 2. The Morgan fingerprint density at radius 3 is 2.74 bits per heavy atom. The summed E-state index contributed by atoms with van der Waals surface area (Å²) >= 11 is 0. The fourth-order valence-corrected chi connectivity index (χ4v) is 3.90. The Hall–Kier alpha value is -2.20. The molecule has 2 unspecified atom stereocenters. The molecule has 2 heterocycles. The first-order chi connectivity index (χ1) is 14.6. The van der Waals surface area contributed by atoms with Crippen LogP contribution in [0.1, 0.15) is 30.8 Å². The van der Waals surface area contributed by atoms with Gasteiger partial charge >= 0.3 is 0 Å². The number of nitrogens with one attached hydrogen (secondary N) is 2. The number of ether oxygens (including phenoxy) is 1. The number of aromatic amines is 1. The van der Waals surface area contributed by atoms with E-state index in [-0.39, 0.29) is 42.0 Å². The fourth-order valence-electron chi connectivity index (χ4n) is 3.90. The third-order valence-corrected chi connectivity index (χ3v) is 5.33. The second-order valence-corrected chi connectivity index (χ2v) is 7.67. The quantitative estimate of drug-likeness (QED) is 0.221. The normalized spacial score (nSPS) is 19.3. The van der Waals surface area contributed by atoms with Crippen molar-refractivity contribution in [3.63, 3.8) is 0 Å². The molecule has 3 aromatic rings. The van der Waals surface area contributed by atoms with Gasteiger partial charge in [-0.2, -0.15) is 0 Å². The molecule has 2 atom stereocenters. The van der Waals surface area contributed by atoms with E-state index in [0.717, 1.165) is 54.3 Å². The SMILES string of the molecule is CN=C(NCCCc1nc2ccccc2[nH]1)N1CC(C)OC(c2ccc(F)cc2)C1.I. The molecular formula is C23H29FIN5O. The summed E-state index contributed by atoms with van der Waals surface area (Å²) in [5.74, 6) is 1.63. The molecule has 6 nitrogen and oxygen atoms in total. The first-order valence-corrected chi connectivity index (χ1v) is 10.4. The van der Waals surface area contributed by atoms with Crippen LogP contribution in [-0.4, -0.2) is 53.6 Å². The summed E-state index contributed by atoms with van der Waals surface area (Å²) < 4.78 is 19.3. The zero-order valence-corrected chi connectivity index (χ0v) is 20.2. The van der Waals surface area contributed by atoms with E-state index in [4.69, 9.17) is 4.74 Å². The van der Waals surface area contributed by atoms with Crippen molar-refractivity contribution in [3.05, 3.63) is 65.7 Å². The monoisotopic (exact) mass is 537 g/mol. The van der Waals surface area contributed by atoms with Crippen LogP contribution in [0.4, 0.5) is 4.39 Å². The lowest BCUT2D eigenvalue weighted by Gasteiger charge is -2.38. The summed E-state index contributed by atoms with van der Waals surface area (Å²) in [7, 11) is 1.80. The van der Waals surface area contributed by atoms with Gasteiger partial charge in [-0.25, -0.2) is 9.37 Å². The maximum atomic E-state index is 13.3. The predicted molar refractivity (Wildman–Crippen MR) is 132 cm³/mol. The smallest absolute Gasteiger partial charge is 0.193 e. The Bertz CT molecular complexity index is 974. The number of hydrogen-bond acceptors (Lipinski definition) is 3. The van der Waals surface area contributed by atoms with E-state index >= 15 is 0 Å². The molecule has 0 amide bonds. The molecule has 2 N–H and O–H groups in total. The van der Waals surface area contributed by atoms with E-state index in [0.29, 0.717) is 6.54 Å². The van der Waals surface area contributed by atoms with Gasteiger partial charge in [0, 0.05) is 26.6 Å². The van der Waals surface area contributed by atoms with Crippen LogP contribution in [-0.2, 0) is 11.2 Å². The molecule has 1 saturated heterocycles. The van der Waals surface area contributed by atoms with Crippen LogP contribution in [0.15, 0.2) is 53.5 Å². The Kier molecular flexibility index (Phi) is 8.25. The number of benzene rings is 2. The van der Waals surface area contributed by atoms with Crippen LogP contribution in [0, 0.1) is 5.82 Å². The van der Waals surface area contributed by atoms with Crippen LogP contribution < -0.4 is 5.32 Å². The lowest BCUT2D eigenvalue weighted by Crippen LogP contribution is -2.50. The zero-order valence-electron chi connectivity index (χ0n) is 17.8. The third kappa shape index (κ3) is 5.94. The molecule has 1 fully saturated rings. The maximum Gasteiger partial charge on any atom is 0.193 e. The molecule has 1 aromatic heterocycles. The van der Waals surface area contributed by atoms with Gasteiger partial charge in [0.2, 0.25) is 0 Å². The molecule has 0 bridgehead atoms. The Morgan fingerprint density at radius 1 is 1.23 bits per heavy atom. The van der Waals surface area contributed by atoms with Crippen molar-refractivity contribution in [2.24, 2.45) is 4.99 Å². The van der Waals surface area contributed by atoms with E-state index < -0.39 is 0 Å². The van der Waals surface area contributed by atoms with Gasteiger partial charge in [0.15, 0.2) is 5.96 Å². The first kappa shape index (κ1) is 23.5. The maximum absolute atomic E-state index is 13.3. The van der Waals surface area contributed by atoms with Crippen LogP contribution in [0.2, 0.25) is 0 Å². The van der Waals surface area contributed by atoms with Gasteiger partial charge in [0.25, 0.3) is 0 Å². The largest absolute Gasteiger partial charge is 0.367 e. The number of morpholine rings is 1. The second-order valence-electron chi connectivity index (χ2n) is 7.67. The van der Waals surface area contributed by atoms with Gasteiger partial charge in [-0.15, -0.1) is 24.0 Å². The Balaban J connectivity index is 0.00000272. The molecule has 1 aliphatic rings. The van der Waals surface area contributed by atoms with E-state index in [9.17, 15) is 4.39 Å². The lowest BCUT2D eigenvalue weighted by atomic mass is 10.1. The van der Waals surface area contributed by atoms with E-state index in [1.807, 2.05) is 24.3 Å². The molecule has 0 saturated carbocycles. The van der Waals surface area contributed by atoms with Crippen LogP contribution in [0.25, 0.3) is 11.0 Å². The summed E-state index contributed by atoms with van der Waals surface area (Å²) in [4.78, 5) is 14.7. The number of hydrogen-bond donors (Lipinski definition) is 2. The van der Waals surface area contributed by atoms with Gasteiger partial charge in [-0.1, -0.05) is 24.3 Å². The number of aryl methyl sites for hydroxylation is 1. The standard InChI is InChI=1S/C23H28FN5O.HI/c1-16-14-29(15-21(30-16)17-9-11-18(24)12-10-17)23(25-2)26-13-5-8-22-27-19-6-3-4-7-20(19)28-22;/h3-4,6-7,9-12,16,21H,5,8,13-15H2,1-2H3,(H,25,26)(H,27,28);1H. The number of halogens is 2. The zero-order chi connectivity index (χ0) is 20.9. The third-order valence-electron chi connectivity index (χ3n) is 5.33. The summed E-state index contributed by atoms with van der Waals surface area (Å²) in [5, 5.41) is 3.46. The van der Waals surface area contributed by atoms with E-state index in [1.54, 1.807) is 19.2 Å². The highest BCUT2D eigenvalue weighted by Gasteiger charge is 2.28. The molecule has 2 aromatic carbocycles. The van der Waals surface area contributed by atoms with Crippen LogP contribution in [0.3, 0.4) is 0 Å². The molecule has 0 radical (unpaired) electrons. The predicted octanol–water partition coefficient (Wildman–Crippen LogP) is 4.29. The minimum Gasteiger partial charge on any atom is -0.367 e. The summed E-state index contributed by atoms with van der Waals surface area (Å²) in [6.07, 6.45) is 1.77. The molecule has 0 aliphatic carbocycles. The van der Waals surface area contributed by atoms with Crippen LogP contribution >= 0.6 is 24.0 Å².